The predicted molar refractivity (Wildman–Crippen MR) is 150 cm³/mol. The van der Waals surface area contributed by atoms with Crippen LogP contribution in [0, 0.1) is 19.8 Å². The summed E-state index contributed by atoms with van der Waals surface area (Å²) >= 11 is 12.4. The second kappa shape index (κ2) is 13.5. The van der Waals surface area contributed by atoms with E-state index in [1.165, 1.54) is 0 Å². The first-order valence-corrected chi connectivity index (χ1v) is 13.1. The van der Waals surface area contributed by atoms with Gasteiger partial charge in [0.15, 0.2) is 6.61 Å². The molecule has 3 rings (SSSR count). The Bertz CT molecular complexity index is 1210. The van der Waals surface area contributed by atoms with Crippen LogP contribution in [0.1, 0.15) is 36.1 Å². The highest BCUT2D eigenvalue weighted by Crippen LogP contribution is 2.24. The van der Waals surface area contributed by atoms with Gasteiger partial charge in [0.05, 0.1) is 10.0 Å². The van der Waals surface area contributed by atoms with Crippen molar-refractivity contribution in [3.8, 4) is 5.75 Å². The van der Waals surface area contributed by atoms with E-state index in [4.69, 9.17) is 27.9 Å². The topological polar surface area (TPSA) is 58.6 Å². The highest BCUT2D eigenvalue weighted by molar-refractivity contribution is 6.42. The van der Waals surface area contributed by atoms with Crippen LogP contribution in [0.2, 0.25) is 10.0 Å². The number of amides is 2. The molecule has 0 unspecified atom stereocenters. The molecule has 0 saturated heterocycles. The molecule has 0 radical (unpaired) electrons. The Hall–Kier alpha value is -3.02. The van der Waals surface area contributed by atoms with Crippen molar-refractivity contribution in [1.29, 1.82) is 0 Å². The van der Waals surface area contributed by atoms with Crippen molar-refractivity contribution in [2.45, 2.75) is 46.7 Å². The zero-order valence-electron chi connectivity index (χ0n) is 21.8. The summed E-state index contributed by atoms with van der Waals surface area (Å²) in [6.45, 7) is 8.57. The number of halogens is 2. The molecule has 0 heterocycles. The Balaban J connectivity index is 1.92. The predicted octanol–water partition coefficient (Wildman–Crippen LogP) is 6.40. The van der Waals surface area contributed by atoms with Crippen molar-refractivity contribution in [2.24, 2.45) is 5.92 Å². The van der Waals surface area contributed by atoms with E-state index in [0.29, 0.717) is 28.8 Å². The van der Waals surface area contributed by atoms with Crippen LogP contribution in [0.4, 0.5) is 0 Å². The zero-order valence-corrected chi connectivity index (χ0v) is 23.3. The summed E-state index contributed by atoms with van der Waals surface area (Å²) in [4.78, 5) is 28.7. The van der Waals surface area contributed by atoms with Crippen molar-refractivity contribution in [1.82, 2.24) is 10.2 Å². The fraction of sp³-hybridized carbons (Fsp3) is 0.333. The monoisotopic (exact) mass is 540 g/mol. The number of benzene rings is 3. The van der Waals surface area contributed by atoms with E-state index in [2.05, 4.69) is 5.32 Å². The second-order valence-electron chi connectivity index (χ2n) is 9.65. The number of hydrogen-bond donors (Lipinski definition) is 1. The second-order valence-corrected chi connectivity index (χ2v) is 10.5. The first-order valence-electron chi connectivity index (χ1n) is 12.4. The highest BCUT2D eigenvalue weighted by Gasteiger charge is 2.31. The maximum absolute atomic E-state index is 13.7. The smallest absolute Gasteiger partial charge is 0.261 e. The third-order valence-electron chi connectivity index (χ3n) is 6.13. The minimum Gasteiger partial charge on any atom is -0.484 e. The Kier molecular flexibility index (Phi) is 10.4. The molecule has 0 aliphatic heterocycles. The summed E-state index contributed by atoms with van der Waals surface area (Å²) in [6, 6.07) is 19.9. The van der Waals surface area contributed by atoms with Crippen molar-refractivity contribution in [2.75, 3.05) is 13.2 Å². The number of hydrogen-bond acceptors (Lipinski definition) is 3. The van der Waals surface area contributed by atoms with E-state index in [-0.39, 0.29) is 30.9 Å². The van der Waals surface area contributed by atoms with Crippen LogP contribution < -0.4 is 10.1 Å². The maximum Gasteiger partial charge on any atom is 0.261 e. The largest absolute Gasteiger partial charge is 0.484 e. The molecule has 0 bridgehead atoms. The fourth-order valence-corrected chi connectivity index (χ4v) is 4.16. The molecular weight excluding hydrogens is 507 g/mol. The fourth-order valence-electron chi connectivity index (χ4n) is 3.84. The van der Waals surface area contributed by atoms with Crippen LogP contribution in [0.3, 0.4) is 0 Å². The van der Waals surface area contributed by atoms with E-state index in [1.807, 2.05) is 82.3 Å². The minimum absolute atomic E-state index is 0.179. The van der Waals surface area contributed by atoms with E-state index >= 15 is 0 Å². The molecule has 0 saturated carbocycles. The number of carbonyl (C=O) groups is 2. The van der Waals surface area contributed by atoms with E-state index in [1.54, 1.807) is 17.0 Å². The molecule has 0 spiro atoms. The van der Waals surface area contributed by atoms with Crippen LogP contribution in [-0.2, 0) is 22.6 Å². The van der Waals surface area contributed by atoms with E-state index < -0.39 is 6.04 Å². The molecule has 0 aliphatic rings. The number of aryl methyl sites for hydroxylation is 2. The quantitative estimate of drug-likeness (QED) is 0.306. The van der Waals surface area contributed by atoms with Gasteiger partial charge >= 0.3 is 0 Å². The summed E-state index contributed by atoms with van der Waals surface area (Å²) in [5, 5.41) is 3.83. The Morgan fingerprint density at radius 1 is 0.892 bits per heavy atom. The number of carbonyl (C=O) groups excluding carboxylic acids is 2. The van der Waals surface area contributed by atoms with Gasteiger partial charge in [-0.3, -0.25) is 9.59 Å². The summed E-state index contributed by atoms with van der Waals surface area (Å²) < 4.78 is 5.87. The maximum atomic E-state index is 13.7. The Morgan fingerprint density at radius 3 is 2.27 bits per heavy atom. The number of ether oxygens (including phenoxy) is 1. The molecule has 37 heavy (non-hydrogen) atoms. The lowest BCUT2D eigenvalue weighted by molar-refractivity contribution is -0.142. The number of nitrogens with zero attached hydrogens (tertiary/aromatic N) is 1. The van der Waals surface area contributed by atoms with Gasteiger partial charge in [-0.05, 0) is 66.3 Å². The standard InChI is InChI=1S/C30H34Cl2N2O3/c1-20(2)17-33-30(36)28(16-23-8-6-5-7-9-23)34(18-24-11-13-26(31)27(32)15-24)29(35)19-37-25-12-10-21(3)22(4)14-25/h5-15,20,28H,16-19H2,1-4H3,(H,33,36)/t28-/m1/s1. The van der Waals surface area contributed by atoms with Crippen LogP contribution in [-0.4, -0.2) is 35.9 Å². The van der Waals surface area contributed by atoms with Gasteiger partial charge in [0.25, 0.3) is 5.91 Å². The molecule has 1 atom stereocenters. The zero-order chi connectivity index (χ0) is 26.9. The summed E-state index contributed by atoms with van der Waals surface area (Å²) in [5.41, 5.74) is 3.94. The molecule has 1 N–H and O–H groups in total. The van der Waals surface area contributed by atoms with Gasteiger partial charge in [-0.2, -0.15) is 0 Å². The first-order chi connectivity index (χ1) is 17.6. The Labute approximate surface area is 229 Å². The summed E-state index contributed by atoms with van der Waals surface area (Å²) in [5.74, 6) is 0.366. The molecule has 0 aromatic heterocycles. The summed E-state index contributed by atoms with van der Waals surface area (Å²) in [6.07, 6.45) is 0.363. The Morgan fingerprint density at radius 2 is 1.62 bits per heavy atom. The van der Waals surface area contributed by atoms with Crippen LogP contribution in [0.25, 0.3) is 0 Å². The van der Waals surface area contributed by atoms with Crippen molar-refractivity contribution in [3.63, 3.8) is 0 Å². The lowest BCUT2D eigenvalue weighted by atomic mass is 10.0. The molecule has 5 nitrogen and oxygen atoms in total. The number of nitrogens with one attached hydrogen (secondary N) is 1. The first kappa shape index (κ1) is 28.5. The molecule has 2 amide bonds. The van der Waals surface area contributed by atoms with Crippen LogP contribution in [0.15, 0.2) is 66.7 Å². The third-order valence-corrected chi connectivity index (χ3v) is 6.87. The molecule has 196 valence electrons. The average molecular weight is 542 g/mol. The van der Waals surface area contributed by atoms with Gasteiger partial charge in [0.2, 0.25) is 5.91 Å². The van der Waals surface area contributed by atoms with Gasteiger partial charge in [-0.15, -0.1) is 0 Å². The third kappa shape index (κ3) is 8.51. The average Bonchev–Trinajstić information content (AvgIpc) is 2.87. The lowest BCUT2D eigenvalue weighted by Crippen LogP contribution is -2.52. The van der Waals surface area contributed by atoms with Gasteiger partial charge < -0.3 is 15.0 Å². The van der Waals surface area contributed by atoms with Crippen molar-refractivity contribution < 1.29 is 14.3 Å². The lowest BCUT2D eigenvalue weighted by Gasteiger charge is -2.32. The van der Waals surface area contributed by atoms with Gasteiger partial charge in [-0.1, -0.05) is 79.5 Å². The van der Waals surface area contributed by atoms with Crippen LogP contribution >= 0.6 is 23.2 Å². The molecule has 7 heteroatoms. The van der Waals surface area contributed by atoms with Crippen molar-refractivity contribution >= 4 is 35.0 Å². The normalized spacial score (nSPS) is 11.8. The molecular formula is C30H34Cl2N2O3. The molecule has 3 aromatic carbocycles. The van der Waals surface area contributed by atoms with E-state index in [9.17, 15) is 9.59 Å². The van der Waals surface area contributed by atoms with Gasteiger partial charge in [0.1, 0.15) is 11.8 Å². The SMILES string of the molecule is Cc1ccc(OCC(=O)N(Cc2ccc(Cl)c(Cl)c2)[C@H](Cc2ccccc2)C(=O)NCC(C)C)cc1C. The van der Waals surface area contributed by atoms with E-state index in [0.717, 1.165) is 22.3 Å². The minimum atomic E-state index is -0.744. The highest BCUT2D eigenvalue weighted by atomic mass is 35.5. The van der Waals surface area contributed by atoms with Crippen molar-refractivity contribution in [3.05, 3.63) is 99.0 Å². The molecule has 0 aliphatic carbocycles. The molecule has 3 aromatic rings. The molecule has 0 fully saturated rings. The number of rotatable bonds is 11. The summed E-state index contributed by atoms with van der Waals surface area (Å²) in [7, 11) is 0. The van der Waals surface area contributed by atoms with Crippen LogP contribution in [0.5, 0.6) is 5.75 Å². The van der Waals surface area contributed by atoms with Gasteiger partial charge in [-0.25, -0.2) is 0 Å². The van der Waals surface area contributed by atoms with Gasteiger partial charge in [0, 0.05) is 19.5 Å².